The molecule has 0 radical (unpaired) electrons. The fourth-order valence-electron chi connectivity index (χ4n) is 2.32. The number of nitrogens with one attached hydrogen (secondary N) is 2. The highest BCUT2D eigenvalue weighted by molar-refractivity contribution is 5.83. The summed E-state index contributed by atoms with van der Waals surface area (Å²) in [7, 11) is 0. The van der Waals surface area contributed by atoms with Gasteiger partial charge in [-0.15, -0.1) is 0 Å². The number of hydrogen-bond acceptors (Lipinski definition) is 2. The van der Waals surface area contributed by atoms with E-state index in [1.165, 1.54) is 12.1 Å². The molecule has 0 amide bonds. The van der Waals surface area contributed by atoms with Gasteiger partial charge >= 0.3 is 6.18 Å². The molecule has 2 heterocycles. The average Bonchev–Trinajstić information content (AvgIpc) is 2.86. The van der Waals surface area contributed by atoms with E-state index in [1.807, 2.05) is 0 Å². The minimum Gasteiger partial charge on any atom is -0.308 e. The Bertz CT molecular complexity index is 683. The maximum absolute atomic E-state index is 12.9. The quantitative estimate of drug-likeness (QED) is 0.794. The lowest BCUT2D eigenvalue weighted by Crippen LogP contribution is -2.24. The van der Waals surface area contributed by atoms with E-state index in [4.69, 9.17) is 0 Å². The van der Waals surface area contributed by atoms with Crippen LogP contribution in [0.4, 0.5) is 17.6 Å². The van der Waals surface area contributed by atoms with Crippen molar-refractivity contribution in [1.82, 2.24) is 15.5 Å². The highest BCUT2D eigenvalue weighted by Crippen LogP contribution is 2.35. The summed E-state index contributed by atoms with van der Waals surface area (Å²) in [5.74, 6) is -0.362. The molecular weight excluding hydrogens is 286 g/mol. The molecule has 1 aromatic heterocycles. The van der Waals surface area contributed by atoms with Gasteiger partial charge in [-0.1, -0.05) is 12.1 Å². The Balaban J connectivity index is 2.01. The van der Waals surface area contributed by atoms with Crippen molar-refractivity contribution in [3.63, 3.8) is 0 Å². The zero-order chi connectivity index (χ0) is 15.0. The Morgan fingerprint density at radius 1 is 1.10 bits per heavy atom. The first-order valence-corrected chi connectivity index (χ1v) is 6.27. The molecule has 0 unspecified atom stereocenters. The molecule has 0 atom stereocenters. The van der Waals surface area contributed by atoms with Crippen LogP contribution in [0, 0.1) is 5.82 Å². The maximum atomic E-state index is 12.9. The molecule has 21 heavy (non-hydrogen) atoms. The van der Waals surface area contributed by atoms with E-state index >= 15 is 0 Å². The van der Waals surface area contributed by atoms with Gasteiger partial charge in [-0.2, -0.15) is 18.3 Å². The molecule has 3 rings (SSSR count). The summed E-state index contributed by atoms with van der Waals surface area (Å²) in [6.45, 7) is 0.522. The van der Waals surface area contributed by atoms with Gasteiger partial charge in [-0.3, -0.25) is 5.10 Å². The zero-order valence-electron chi connectivity index (χ0n) is 10.8. The van der Waals surface area contributed by atoms with Crippen LogP contribution in [0.2, 0.25) is 0 Å². The lowest BCUT2D eigenvalue weighted by molar-refractivity contribution is -0.141. The third-order valence-corrected chi connectivity index (χ3v) is 3.28. The molecule has 2 N–H and O–H groups in total. The molecule has 110 valence electrons. The molecule has 3 nitrogen and oxygen atoms in total. The van der Waals surface area contributed by atoms with Crippen molar-refractivity contribution in [3.8, 4) is 0 Å². The van der Waals surface area contributed by atoms with Crippen LogP contribution in [0.1, 0.15) is 22.5 Å². The summed E-state index contributed by atoms with van der Waals surface area (Å²) >= 11 is 0. The van der Waals surface area contributed by atoms with Crippen LogP contribution < -0.4 is 5.32 Å². The van der Waals surface area contributed by atoms with Crippen molar-refractivity contribution in [2.45, 2.75) is 12.7 Å². The number of benzene rings is 1. The topological polar surface area (TPSA) is 40.7 Å². The standard InChI is InChI=1S/C14H11F4N3/c15-10-3-1-8(2-4-10)5-9-6-19-7-11-12(9)20-21-13(11)14(16,17)18/h1-5,19H,6-7H2,(H,20,21)/b9-5+. The van der Waals surface area contributed by atoms with E-state index in [0.29, 0.717) is 23.4 Å². The molecule has 2 aromatic rings. The summed E-state index contributed by atoms with van der Waals surface area (Å²) in [4.78, 5) is 0. The van der Waals surface area contributed by atoms with E-state index in [-0.39, 0.29) is 17.9 Å². The lowest BCUT2D eigenvalue weighted by Gasteiger charge is -2.17. The number of aromatic nitrogens is 2. The second-order valence-corrected chi connectivity index (χ2v) is 4.75. The van der Waals surface area contributed by atoms with E-state index in [1.54, 1.807) is 18.2 Å². The summed E-state index contributed by atoms with van der Waals surface area (Å²) in [6, 6.07) is 5.73. The highest BCUT2D eigenvalue weighted by Gasteiger charge is 2.38. The van der Waals surface area contributed by atoms with Gasteiger partial charge in [0.25, 0.3) is 0 Å². The van der Waals surface area contributed by atoms with Gasteiger partial charge in [-0.25, -0.2) is 4.39 Å². The van der Waals surface area contributed by atoms with Crippen molar-refractivity contribution < 1.29 is 17.6 Å². The lowest BCUT2D eigenvalue weighted by atomic mass is 9.99. The van der Waals surface area contributed by atoms with Crippen LogP contribution in [-0.2, 0) is 12.7 Å². The molecule has 0 spiro atoms. The first-order valence-electron chi connectivity index (χ1n) is 6.27. The van der Waals surface area contributed by atoms with Crippen LogP contribution in [0.25, 0.3) is 11.6 Å². The predicted octanol–water partition coefficient (Wildman–Crippen LogP) is 3.21. The van der Waals surface area contributed by atoms with Crippen molar-refractivity contribution in [1.29, 1.82) is 0 Å². The molecular formula is C14H11F4N3. The summed E-state index contributed by atoms with van der Waals surface area (Å²) in [5, 5.41) is 8.78. The number of H-pyrrole nitrogens is 1. The van der Waals surface area contributed by atoms with Crippen LogP contribution in [-0.4, -0.2) is 16.7 Å². The average molecular weight is 297 g/mol. The third-order valence-electron chi connectivity index (χ3n) is 3.28. The van der Waals surface area contributed by atoms with E-state index < -0.39 is 11.9 Å². The van der Waals surface area contributed by atoms with Crippen molar-refractivity contribution in [2.24, 2.45) is 0 Å². The largest absolute Gasteiger partial charge is 0.433 e. The predicted molar refractivity (Wildman–Crippen MR) is 69.6 cm³/mol. The van der Waals surface area contributed by atoms with Gasteiger partial charge in [0.2, 0.25) is 0 Å². The number of halogens is 4. The summed E-state index contributed by atoms with van der Waals surface area (Å²) in [6.07, 6.45) is -2.76. The smallest absolute Gasteiger partial charge is 0.308 e. The molecule has 1 aliphatic rings. The van der Waals surface area contributed by atoms with Gasteiger partial charge < -0.3 is 5.32 Å². The van der Waals surface area contributed by atoms with Crippen molar-refractivity contribution in [2.75, 3.05) is 6.54 Å². The molecule has 1 aliphatic heterocycles. The normalized spacial score (nSPS) is 17.0. The first-order chi connectivity index (χ1) is 9.95. The SMILES string of the molecule is Fc1ccc(/C=C2\CNCc3c2n[nH]c3C(F)(F)F)cc1. The van der Waals surface area contributed by atoms with Gasteiger partial charge in [0.15, 0.2) is 0 Å². The highest BCUT2D eigenvalue weighted by atomic mass is 19.4. The first kappa shape index (κ1) is 13.8. The van der Waals surface area contributed by atoms with Crippen LogP contribution in [0.5, 0.6) is 0 Å². The minimum absolute atomic E-state index is 0.113. The molecule has 7 heteroatoms. The molecule has 0 saturated carbocycles. The van der Waals surface area contributed by atoms with Gasteiger partial charge in [0.1, 0.15) is 11.5 Å². The molecule has 0 aliphatic carbocycles. The Morgan fingerprint density at radius 2 is 1.81 bits per heavy atom. The van der Waals surface area contributed by atoms with E-state index in [9.17, 15) is 17.6 Å². The number of rotatable bonds is 1. The molecule has 0 saturated heterocycles. The van der Waals surface area contributed by atoms with Gasteiger partial charge in [-0.05, 0) is 29.3 Å². The number of alkyl halides is 3. The maximum Gasteiger partial charge on any atom is 0.433 e. The summed E-state index contributed by atoms with van der Waals surface area (Å²) in [5.41, 5.74) is 0.939. The number of nitrogens with zero attached hydrogens (tertiary/aromatic N) is 1. The van der Waals surface area contributed by atoms with Crippen LogP contribution in [0.3, 0.4) is 0 Å². The monoisotopic (exact) mass is 297 g/mol. The van der Waals surface area contributed by atoms with Crippen molar-refractivity contribution in [3.05, 3.63) is 52.6 Å². The second-order valence-electron chi connectivity index (χ2n) is 4.75. The fourth-order valence-corrected chi connectivity index (χ4v) is 2.32. The molecule has 1 aromatic carbocycles. The van der Waals surface area contributed by atoms with E-state index in [2.05, 4.69) is 15.5 Å². The third kappa shape index (κ3) is 2.69. The second kappa shape index (κ2) is 5.00. The number of hydrogen-bond donors (Lipinski definition) is 2. The Kier molecular flexibility index (Phi) is 3.29. The number of aromatic amines is 1. The van der Waals surface area contributed by atoms with Gasteiger partial charge in [0.05, 0.1) is 5.69 Å². The minimum atomic E-state index is -4.46. The molecule has 0 bridgehead atoms. The Morgan fingerprint density at radius 3 is 2.48 bits per heavy atom. The fraction of sp³-hybridized carbons (Fsp3) is 0.214. The zero-order valence-corrected chi connectivity index (χ0v) is 10.8. The number of fused-ring (bicyclic) bond motifs is 1. The van der Waals surface area contributed by atoms with Crippen LogP contribution >= 0.6 is 0 Å². The Labute approximate surface area is 117 Å². The van der Waals surface area contributed by atoms with Crippen LogP contribution in [0.15, 0.2) is 24.3 Å². The van der Waals surface area contributed by atoms with Gasteiger partial charge in [0, 0.05) is 18.7 Å². The molecule has 0 fully saturated rings. The van der Waals surface area contributed by atoms with Crippen molar-refractivity contribution >= 4 is 11.6 Å². The Hall–Kier alpha value is -2.15. The van der Waals surface area contributed by atoms with E-state index in [0.717, 1.165) is 0 Å². The summed E-state index contributed by atoms with van der Waals surface area (Å²) < 4.78 is 51.4.